The first-order valence-corrected chi connectivity index (χ1v) is 6.55. The number of rotatable bonds is 8. The van der Waals surface area contributed by atoms with Gasteiger partial charge in [-0.2, -0.15) is 0 Å². The lowest BCUT2D eigenvalue weighted by molar-refractivity contribution is 0.108. The number of aliphatic hydroxyl groups is 1. The van der Waals surface area contributed by atoms with E-state index in [1.165, 1.54) is 19.3 Å². The lowest BCUT2D eigenvalue weighted by atomic mass is 9.83. The predicted octanol–water partition coefficient (Wildman–Crippen LogP) is 2.56. The molecule has 1 rings (SSSR count). The topological polar surface area (TPSA) is 32.3 Å². The fourth-order valence-corrected chi connectivity index (χ4v) is 2.27. The van der Waals surface area contributed by atoms with Crippen LogP contribution in [0.2, 0.25) is 0 Å². The molecule has 1 aliphatic carbocycles. The highest BCUT2D eigenvalue weighted by atomic mass is 16.3. The molecular weight excluding hydrogens is 186 g/mol. The molecule has 1 unspecified atom stereocenters. The van der Waals surface area contributed by atoms with Crippen molar-refractivity contribution < 1.29 is 5.11 Å². The van der Waals surface area contributed by atoms with E-state index in [1.807, 2.05) is 0 Å². The van der Waals surface area contributed by atoms with Gasteiger partial charge in [0, 0.05) is 24.6 Å². The number of hydrogen-bond acceptors (Lipinski definition) is 2. The molecule has 0 bridgehead atoms. The maximum absolute atomic E-state index is 9.48. The minimum absolute atomic E-state index is 0.113. The first kappa shape index (κ1) is 13.0. The van der Waals surface area contributed by atoms with Crippen molar-refractivity contribution in [2.45, 2.75) is 58.9 Å². The van der Waals surface area contributed by atoms with Crippen LogP contribution in [0.1, 0.15) is 52.9 Å². The quantitative estimate of drug-likeness (QED) is 0.649. The Hall–Kier alpha value is -0.0800. The van der Waals surface area contributed by atoms with Gasteiger partial charge < -0.3 is 10.4 Å². The summed E-state index contributed by atoms with van der Waals surface area (Å²) in [5.74, 6) is 0.917. The van der Waals surface area contributed by atoms with E-state index < -0.39 is 0 Å². The summed E-state index contributed by atoms with van der Waals surface area (Å²) in [4.78, 5) is 0. The maximum atomic E-state index is 9.48. The third-order valence-electron chi connectivity index (χ3n) is 4.21. The molecule has 0 aliphatic heterocycles. The molecule has 2 nitrogen and oxygen atoms in total. The Bertz CT molecular complexity index is 165. The van der Waals surface area contributed by atoms with Gasteiger partial charge >= 0.3 is 0 Å². The van der Waals surface area contributed by atoms with Crippen LogP contribution in [0, 0.1) is 11.3 Å². The lowest BCUT2D eigenvalue weighted by Gasteiger charge is -2.32. The standard InChI is InChI=1S/C13H27NO/c1-4-12(11-7-8-11)14-9-13(5-2,6-3)10-15/h11-12,14-15H,4-10H2,1-3H3. The highest BCUT2D eigenvalue weighted by molar-refractivity contribution is 4.88. The van der Waals surface area contributed by atoms with Crippen molar-refractivity contribution in [3.8, 4) is 0 Å². The highest BCUT2D eigenvalue weighted by Gasteiger charge is 2.32. The second kappa shape index (κ2) is 5.86. The fraction of sp³-hybridized carbons (Fsp3) is 1.00. The average molecular weight is 213 g/mol. The largest absolute Gasteiger partial charge is 0.396 e. The van der Waals surface area contributed by atoms with Crippen molar-refractivity contribution in [3.63, 3.8) is 0 Å². The summed E-state index contributed by atoms with van der Waals surface area (Å²) in [5.41, 5.74) is 0.113. The molecule has 0 saturated heterocycles. The van der Waals surface area contributed by atoms with Gasteiger partial charge in [-0.15, -0.1) is 0 Å². The summed E-state index contributed by atoms with van der Waals surface area (Å²) < 4.78 is 0. The zero-order valence-corrected chi connectivity index (χ0v) is 10.6. The Balaban J connectivity index is 2.37. The molecule has 1 saturated carbocycles. The first-order valence-electron chi connectivity index (χ1n) is 6.55. The van der Waals surface area contributed by atoms with Crippen molar-refractivity contribution in [2.24, 2.45) is 11.3 Å². The fourth-order valence-electron chi connectivity index (χ4n) is 2.27. The van der Waals surface area contributed by atoms with Crippen LogP contribution in [0.3, 0.4) is 0 Å². The summed E-state index contributed by atoms with van der Waals surface area (Å²) in [6, 6.07) is 0.689. The van der Waals surface area contributed by atoms with E-state index in [0.717, 1.165) is 25.3 Å². The Labute approximate surface area is 94.5 Å². The average Bonchev–Trinajstić information content (AvgIpc) is 3.10. The Morgan fingerprint density at radius 3 is 2.20 bits per heavy atom. The van der Waals surface area contributed by atoms with Gasteiger partial charge in [0.05, 0.1) is 0 Å². The Morgan fingerprint density at radius 2 is 1.87 bits per heavy atom. The van der Waals surface area contributed by atoms with Gasteiger partial charge in [-0.05, 0) is 38.0 Å². The van der Waals surface area contributed by atoms with Gasteiger partial charge in [0.25, 0.3) is 0 Å². The normalized spacial score (nSPS) is 19.2. The summed E-state index contributed by atoms with van der Waals surface area (Å²) in [6.07, 6.45) is 6.15. The van der Waals surface area contributed by atoms with Crippen LogP contribution in [-0.4, -0.2) is 24.3 Å². The van der Waals surface area contributed by atoms with Crippen LogP contribution in [-0.2, 0) is 0 Å². The summed E-state index contributed by atoms with van der Waals surface area (Å²) in [6.45, 7) is 7.91. The van der Waals surface area contributed by atoms with E-state index in [9.17, 15) is 5.11 Å². The molecule has 0 aromatic heterocycles. The van der Waals surface area contributed by atoms with Crippen LogP contribution in [0.5, 0.6) is 0 Å². The van der Waals surface area contributed by atoms with Gasteiger partial charge in [-0.3, -0.25) is 0 Å². The second-order valence-electron chi connectivity index (χ2n) is 5.10. The molecule has 1 fully saturated rings. The van der Waals surface area contributed by atoms with Gasteiger partial charge in [0.2, 0.25) is 0 Å². The van der Waals surface area contributed by atoms with E-state index in [2.05, 4.69) is 26.1 Å². The minimum atomic E-state index is 0.113. The molecule has 0 aromatic rings. The van der Waals surface area contributed by atoms with Crippen LogP contribution in [0.4, 0.5) is 0 Å². The minimum Gasteiger partial charge on any atom is -0.396 e. The summed E-state index contributed by atoms with van der Waals surface area (Å²) in [7, 11) is 0. The molecule has 0 radical (unpaired) electrons. The third kappa shape index (κ3) is 3.46. The van der Waals surface area contributed by atoms with Crippen molar-refractivity contribution in [1.82, 2.24) is 5.32 Å². The van der Waals surface area contributed by atoms with Crippen LogP contribution >= 0.6 is 0 Å². The molecule has 0 heterocycles. The third-order valence-corrected chi connectivity index (χ3v) is 4.21. The van der Waals surface area contributed by atoms with E-state index in [0.29, 0.717) is 12.6 Å². The van der Waals surface area contributed by atoms with Crippen LogP contribution in [0.25, 0.3) is 0 Å². The van der Waals surface area contributed by atoms with E-state index in [4.69, 9.17) is 0 Å². The SMILES string of the molecule is CCC(NCC(CC)(CC)CO)C1CC1. The molecule has 1 aliphatic rings. The summed E-state index contributed by atoms with van der Waals surface area (Å²) >= 11 is 0. The van der Waals surface area contributed by atoms with Gasteiger partial charge in [-0.25, -0.2) is 0 Å². The molecule has 15 heavy (non-hydrogen) atoms. The van der Waals surface area contributed by atoms with Crippen LogP contribution in [0.15, 0.2) is 0 Å². The van der Waals surface area contributed by atoms with Crippen molar-refractivity contribution in [1.29, 1.82) is 0 Å². The zero-order chi connectivity index (χ0) is 11.3. The highest BCUT2D eigenvalue weighted by Crippen LogP contribution is 2.34. The predicted molar refractivity (Wildman–Crippen MR) is 64.9 cm³/mol. The molecule has 0 aromatic carbocycles. The van der Waals surface area contributed by atoms with Gasteiger partial charge in [0.15, 0.2) is 0 Å². The summed E-state index contributed by atoms with van der Waals surface area (Å²) in [5, 5.41) is 13.1. The molecule has 2 N–H and O–H groups in total. The van der Waals surface area contributed by atoms with Gasteiger partial charge in [0.1, 0.15) is 0 Å². The maximum Gasteiger partial charge on any atom is 0.0499 e. The molecule has 0 spiro atoms. The Kier molecular flexibility index (Phi) is 5.07. The molecule has 90 valence electrons. The number of hydrogen-bond donors (Lipinski definition) is 2. The second-order valence-corrected chi connectivity index (χ2v) is 5.10. The van der Waals surface area contributed by atoms with E-state index in [1.54, 1.807) is 0 Å². The Morgan fingerprint density at radius 1 is 1.27 bits per heavy atom. The van der Waals surface area contributed by atoms with Crippen molar-refractivity contribution in [2.75, 3.05) is 13.2 Å². The first-order chi connectivity index (χ1) is 7.21. The number of nitrogens with one attached hydrogen (secondary N) is 1. The molecule has 2 heteroatoms. The zero-order valence-electron chi connectivity index (χ0n) is 10.6. The van der Waals surface area contributed by atoms with E-state index >= 15 is 0 Å². The van der Waals surface area contributed by atoms with Gasteiger partial charge in [-0.1, -0.05) is 20.8 Å². The van der Waals surface area contributed by atoms with Crippen LogP contribution < -0.4 is 5.32 Å². The van der Waals surface area contributed by atoms with Crippen molar-refractivity contribution >= 4 is 0 Å². The number of aliphatic hydroxyl groups excluding tert-OH is 1. The lowest BCUT2D eigenvalue weighted by Crippen LogP contribution is -2.42. The molecule has 1 atom stereocenters. The van der Waals surface area contributed by atoms with E-state index in [-0.39, 0.29) is 5.41 Å². The van der Waals surface area contributed by atoms with Crippen molar-refractivity contribution in [3.05, 3.63) is 0 Å². The monoisotopic (exact) mass is 213 g/mol. The smallest absolute Gasteiger partial charge is 0.0499 e. The molecule has 0 amide bonds. The molecular formula is C13H27NO.